The van der Waals surface area contributed by atoms with Crippen molar-refractivity contribution in [2.45, 2.75) is 18.6 Å². The lowest BCUT2D eigenvalue weighted by Crippen LogP contribution is -2.32. The fourth-order valence-electron chi connectivity index (χ4n) is 1.82. The monoisotopic (exact) mass is 273 g/mol. The third-order valence-corrected chi connectivity index (χ3v) is 3.68. The third-order valence-electron chi connectivity index (χ3n) is 2.53. The van der Waals surface area contributed by atoms with Crippen molar-refractivity contribution in [2.24, 2.45) is 0 Å². The van der Waals surface area contributed by atoms with Crippen LogP contribution in [0.25, 0.3) is 6.08 Å². The van der Waals surface area contributed by atoms with E-state index in [2.05, 4.69) is 11.4 Å². The Morgan fingerprint density at radius 1 is 1.65 bits per heavy atom. The van der Waals surface area contributed by atoms with Gasteiger partial charge in [0.05, 0.1) is 12.5 Å². The summed E-state index contributed by atoms with van der Waals surface area (Å²) < 4.78 is 5.03. The highest BCUT2D eigenvalue weighted by Crippen LogP contribution is 2.26. The van der Waals surface area contributed by atoms with E-state index in [-0.39, 0.29) is 17.5 Å². The third kappa shape index (κ3) is 4.22. The summed E-state index contributed by atoms with van der Waals surface area (Å²) in [6, 6.07) is 1.93. The molecule has 0 aliphatic carbocycles. The van der Waals surface area contributed by atoms with Gasteiger partial charge in [-0.05, 0) is 24.6 Å². The topological polar surface area (TPSA) is 42.2 Å². The fourth-order valence-corrected chi connectivity index (χ4v) is 2.75. The smallest absolute Gasteiger partial charge is 0.186 e. The first-order chi connectivity index (χ1) is 7.75. The number of hydrogen-bond donors (Lipinski definition) is 1. The molecule has 0 spiro atoms. The number of rotatable bonds is 2. The van der Waals surface area contributed by atoms with Crippen LogP contribution < -0.4 is 5.32 Å². The summed E-state index contributed by atoms with van der Waals surface area (Å²) in [4.78, 5) is 11.2. The lowest BCUT2D eigenvalue weighted by molar-refractivity contribution is -0.109. The van der Waals surface area contributed by atoms with Crippen LogP contribution in [0.5, 0.6) is 0 Å². The van der Waals surface area contributed by atoms with Crippen LogP contribution in [0.4, 0.5) is 0 Å². The second-order valence-electron chi connectivity index (χ2n) is 3.84. The van der Waals surface area contributed by atoms with Gasteiger partial charge in [-0.1, -0.05) is 17.8 Å². The van der Waals surface area contributed by atoms with Crippen molar-refractivity contribution in [1.29, 1.82) is 0 Å². The molecule has 3 nitrogen and oxygen atoms in total. The summed E-state index contributed by atoms with van der Waals surface area (Å²) in [5.41, 5.74) is 2.33. The molecule has 94 valence electrons. The van der Waals surface area contributed by atoms with Crippen molar-refractivity contribution in [1.82, 2.24) is 5.32 Å². The highest BCUT2D eigenvalue weighted by Gasteiger charge is 2.20. The van der Waals surface area contributed by atoms with Gasteiger partial charge in [-0.2, -0.15) is 0 Å². The molecule has 1 saturated heterocycles. The van der Waals surface area contributed by atoms with Crippen molar-refractivity contribution < 1.29 is 9.21 Å². The van der Waals surface area contributed by atoms with Crippen LogP contribution in [0.2, 0.25) is 0 Å². The molecule has 0 aromatic carbocycles. The maximum Gasteiger partial charge on any atom is 0.186 e. The van der Waals surface area contributed by atoms with E-state index in [1.165, 1.54) is 17.3 Å². The number of nitrogens with one attached hydrogen (secondary N) is 1. The number of piperidine rings is 1. The van der Waals surface area contributed by atoms with Gasteiger partial charge < -0.3 is 9.73 Å². The number of furan rings is 1. The van der Waals surface area contributed by atoms with Gasteiger partial charge in [0.15, 0.2) is 5.12 Å². The van der Waals surface area contributed by atoms with Crippen molar-refractivity contribution >= 4 is 35.4 Å². The van der Waals surface area contributed by atoms with Crippen molar-refractivity contribution in [3.8, 4) is 0 Å². The molecule has 1 aromatic rings. The van der Waals surface area contributed by atoms with Gasteiger partial charge in [0.25, 0.3) is 0 Å². The zero-order chi connectivity index (χ0) is 11.4. The first-order valence-electron chi connectivity index (χ1n) is 5.36. The van der Waals surface area contributed by atoms with Gasteiger partial charge in [-0.15, -0.1) is 12.4 Å². The Kier molecular flexibility index (Phi) is 5.82. The van der Waals surface area contributed by atoms with E-state index in [9.17, 15) is 4.79 Å². The molecule has 0 amide bonds. The van der Waals surface area contributed by atoms with Crippen molar-refractivity contribution in [3.63, 3.8) is 0 Å². The zero-order valence-electron chi connectivity index (χ0n) is 9.64. The molecule has 1 unspecified atom stereocenters. The molecule has 2 heterocycles. The van der Waals surface area contributed by atoms with Crippen LogP contribution in [0.3, 0.4) is 0 Å². The molecule has 1 aliphatic heterocycles. The number of carbonyl (C=O) groups excluding carboxylic acids is 1. The Balaban J connectivity index is 0.00000144. The van der Waals surface area contributed by atoms with Gasteiger partial charge in [0, 0.05) is 24.3 Å². The Hall–Kier alpha value is -0.710. The molecular weight excluding hydrogens is 258 g/mol. The van der Waals surface area contributed by atoms with Crippen LogP contribution in [0, 0.1) is 0 Å². The van der Waals surface area contributed by atoms with Crippen molar-refractivity contribution in [2.75, 3.05) is 13.1 Å². The van der Waals surface area contributed by atoms with Gasteiger partial charge in [-0.3, -0.25) is 4.79 Å². The van der Waals surface area contributed by atoms with E-state index >= 15 is 0 Å². The minimum Gasteiger partial charge on any atom is -0.472 e. The van der Waals surface area contributed by atoms with E-state index in [0.29, 0.717) is 5.25 Å². The lowest BCUT2D eigenvalue weighted by Gasteiger charge is -2.24. The number of halogens is 1. The molecule has 0 bridgehead atoms. The fraction of sp³-hybridized carbons (Fsp3) is 0.417. The summed E-state index contributed by atoms with van der Waals surface area (Å²) in [6.07, 6.45) is 6.50. The average Bonchev–Trinajstić information content (AvgIpc) is 2.73. The highest BCUT2D eigenvalue weighted by molar-refractivity contribution is 8.14. The quantitative estimate of drug-likeness (QED) is 0.900. The van der Waals surface area contributed by atoms with Crippen LogP contribution in [0.1, 0.15) is 18.9 Å². The summed E-state index contributed by atoms with van der Waals surface area (Å²) in [5.74, 6) is 0. The van der Waals surface area contributed by atoms with Crippen LogP contribution in [-0.4, -0.2) is 23.5 Å². The van der Waals surface area contributed by atoms with Crippen LogP contribution >= 0.6 is 24.2 Å². The number of thioether (sulfide) groups is 1. The van der Waals surface area contributed by atoms with Crippen molar-refractivity contribution in [3.05, 3.63) is 29.7 Å². The molecule has 1 aliphatic rings. The maximum atomic E-state index is 11.2. The minimum absolute atomic E-state index is 0. The molecular formula is C12H16ClNO2S. The number of hydrogen-bond acceptors (Lipinski definition) is 4. The maximum absolute atomic E-state index is 11.2. The molecule has 1 N–H and O–H groups in total. The molecule has 1 atom stereocenters. The zero-order valence-corrected chi connectivity index (χ0v) is 11.3. The normalized spacial score (nSPS) is 22.2. The lowest BCUT2D eigenvalue weighted by atomic mass is 10.0. The molecule has 1 aromatic heterocycles. The molecule has 5 heteroatoms. The highest BCUT2D eigenvalue weighted by atomic mass is 35.5. The molecule has 2 rings (SSSR count). The molecule has 0 saturated carbocycles. The van der Waals surface area contributed by atoms with Crippen LogP contribution in [0.15, 0.2) is 28.6 Å². The van der Waals surface area contributed by atoms with Gasteiger partial charge in [0.2, 0.25) is 0 Å². The summed E-state index contributed by atoms with van der Waals surface area (Å²) in [6.45, 7) is 3.46. The Morgan fingerprint density at radius 2 is 2.47 bits per heavy atom. The van der Waals surface area contributed by atoms with E-state index < -0.39 is 0 Å². The second kappa shape index (κ2) is 6.89. The Morgan fingerprint density at radius 3 is 3.12 bits per heavy atom. The first-order valence-corrected chi connectivity index (χ1v) is 6.24. The predicted octanol–water partition coefficient (Wildman–Crippen LogP) is 2.73. The second-order valence-corrected chi connectivity index (χ2v) is 5.22. The summed E-state index contributed by atoms with van der Waals surface area (Å²) in [7, 11) is 0. The predicted molar refractivity (Wildman–Crippen MR) is 73.5 cm³/mol. The Bertz CT molecular complexity index is 389. The van der Waals surface area contributed by atoms with Crippen LogP contribution in [-0.2, 0) is 4.79 Å². The van der Waals surface area contributed by atoms with E-state index in [0.717, 1.165) is 25.1 Å². The van der Waals surface area contributed by atoms with E-state index in [1.807, 2.05) is 6.07 Å². The average molecular weight is 274 g/mol. The molecule has 17 heavy (non-hydrogen) atoms. The SMILES string of the molecule is CC(=O)SC1CCNC/C1=C/c1ccoc1.Cl. The van der Waals surface area contributed by atoms with Gasteiger partial charge in [-0.25, -0.2) is 0 Å². The molecule has 1 fully saturated rings. The molecule has 0 radical (unpaired) electrons. The van der Waals surface area contributed by atoms with Gasteiger partial charge >= 0.3 is 0 Å². The van der Waals surface area contributed by atoms with E-state index in [1.54, 1.807) is 19.5 Å². The summed E-state index contributed by atoms with van der Waals surface area (Å²) >= 11 is 1.43. The summed E-state index contributed by atoms with van der Waals surface area (Å²) in [5, 5.41) is 3.83. The number of carbonyl (C=O) groups is 1. The van der Waals surface area contributed by atoms with Gasteiger partial charge in [0.1, 0.15) is 0 Å². The first kappa shape index (κ1) is 14.4. The largest absolute Gasteiger partial charge is 0.472 e. The van der Waals surface area contributed by atoms with E-state index in [4.69, 9.17) is 4.42 Å². The Labute approximate surface area is 111 Å². The standard InChI is InChI=1S/C12H15NO2S.ClH/c1-9(14)16-12-2-4-13-7-11(12)6-10-3-5-15-8-10;/h3,5-6,8,12-13H,2,4,7H2,1H3;1H/b11-6-;. The minimum atomic E-state index is 0.